The Balaban J connectivity index is 2.53. The summed E-state index contributed by atoms with van der Waals surface area (Å²) in [6, 6.07) is 5.59. The third-order valence-corrected chi connectivity index (χ3v) is 4.14. The third kappa shape index (κ3) is 2.02. The lowest BCUT2D eigenvalue weighted by Crippen LogP contribution is -2.49. The normalized spacial score (nSPS) is 24.1. The molecule has 3 nitrogen and oxygen atoms in total. The maximum atomic E-state index is 12.3. The highest BCUT2D eigenvalue weighted by Gasteiger charge is 2.41. The van der Waals surface area contributed by atoms with E-state index in [-0.39, 0.29) is 5.78 Å². The average Bonchev–Trinajstić information content (AvgIpc) is 2.40. The molecular formula is C14H18ClNO2. The van der Waals surface area contributed by atoms with Crippen molar-refractivity contribution in [2.24, 2.45) is 0 Å². The second kappa shape index (κ2) is 5.29. The van der Waals surface area contributed by atoms with Gasteiger partial charge in [0.15, 0.2) is 5.78 Å². The number of rotatable bonds is 3. The molecule has 1 N–H and O–H groups in total. The van der Waals surface area contributed by atoms with Gasteiger partial charge >= 0.3 is 0 Å². The molecule has 2 rings (SSSR count). The highest BCUT2D eigenvalue weighted by Crippen LogP contribution is 2.40. The Kier molecular flexibility index (Phi) is 3.93. The zero-order valence-electron chi connectivity index (χ0n) is 10.8. The summed E-state index contributed by atoms with van der Waals surface area (Å²) in [5.74, 6) is 0.827. The topological polar surface area (TPSA) is 38.3 Å². The van der Waals surface area contributed by atoms with Gasteiger partial charge < -0.3 is 10.1 Å². The Morgan fingerprint density at radius 2 is 2.17 bits per heavy atom. The van der Waals surface area contributed by atoms with E-state index in [0.29, 0.717) is 17.2 Å². The predicted octanol–water partition coefficient (Wildman–Crippen LogP) is 2.91. The molecule has 0 spiro atoms. The van der Waals surface area contributed by atoms with Crippen molar-refractivity contribution in [2.75, 3.05) is 14.2 Å². The lowest BCUT2D eigenvalue weighted by atomic mass is 9.75. The van der Waals surface area contributed by atoms with Crippen molar-refractivity contribution in [1.29, 1.82) is 0 Å². The molecule has 0 amide bonds. The highest BCUT2D eigenvalue weighted by molar-refractivity contribution is 6.33. The van der Waals surface area contributed by atoms with Gasteiger partial charge in [0, 0.05) is 12.0 Å². The number of likely N-dealkylation sites (N-methyl/N-ethyl adjacent to an activating group) is 1. The van der Waals surface area contributed by atoms with Crippen molar-refractivity contribution in [3.63, 3.8) is 0 Å². The quantitative estimate of drug-likeness (QED) is 0.915. The Hall–Kier alpha value is -1.06. The molecule has 4 heteroatoms. The Morgan fingerprint density at radius 3 is 2.78 bits per heavy atom. The van der Waals surface area contributed by atoms with Gasteiger partial charge in [-0.15, -0.1) is 0 Å². The monoisotopic (exact) mass is 267 g/mol. The van der Waals surface area contributed by atoms with E-state index in [9.17, 15) is 4.79 Å². The van der Waals surface area contributed by atoms with Crippen LogP contribution in [0.1, 0.15) is 31.2 Å². The Morgan fingerprint density at radius 1 is 1.39 bits per heavy atom. The van der Waals surface area contributed by atoms with Crippen molar-refractivity contribution >= 4 is 17.4 Å². The second-order valence-electron chi connectivity index (χ2n) is 4.61. The first-order chi connectivity index (χ1) is 8.65. The lowest BCUT2D eigenvalue weighted by Gasteiger charge is -2.36. The van der Waals surface area contributed by atoms with Gasteiger partial charge in [0.1, 0.15) is 11.3 Å². The zero-order chi connectivity index (χ0) is 13.2. The van der Waals surface area contributed by atoms with Gasteiger partial charge in [0.2, 0.25) is 0 Å². The molecular weight excluding hydrogens is 250 g/mol. The molecule has 0 radical (unpaired) electrons. The molecule has 0 unspecified atom stereocenters. The summed E-state index contributed by atoms with van der Waals surface area (Å²) in [7, 11) is 3.40. The van der Waals surface area contributed by atoms with Crippen LogP contribution < -0.4 is 10.1 Å². The van der Waals surface area contributed by atoms with Crippen LogP contribution in [0.3, 0.4) is 0 Å². The van der Waals surface area contributed by atoms with E-state index < -0.39 is 5.54 Å². The molecule has 1 aliphatic carbocycles. The van der Waals surface area contributed by atoms with Gasteiger partial charge in [-0.3, -0.25) is 4.79 Å². The van der Waals surface area contributed by atoms with Crippen LogP contribution in [0.25, 0.3) is 0 Å². The minimum absolute atomic E-state index is 0.214. The largest absolute Gasteiger partial charge is 0.495 e. The number of benzene rings is 1. The minimum Gasteiger partial charge on any atom is -0.495 e. The fourth-order valence-electron chi connectivity index (χ4n) is 2.71. The van der Waals surface area contributed by atoms with Crippen molar-refractivity contribution < 1.29 is 9.53 Å². The summed E-state index contributed by atoms with van der Waals surface area (Å²) in [4.78, 5) is 12.3. The van der Waals surface area contributed by atoms with Crippen molar-refractivity contribution in [1.82, 2.24) is 5.32 Å². The fraction of sp³-hybridized carbons (Fsp3) is 0.500. The van der Waals surface area contributed by atoms with Gasteiger partial charge in [-0.05, 0) is 26.0 Å². The van der Waals surface area contributed by atoms with E-state index in [1.807, 2.05) is 25.2 Å². The van der Waals surface area contributed by atoms with E-state index in [1.165, 1.54) is 0 Å². The van der Waals surface area contributed by atoms with Gasteiger partial charge in [0.25, 0.3) is 0 Å². The molecule has 1 aromatic carbocycles. The van der Waals surface area contributed by atoms with Crippen LogP contribution in [0.4, 0.5) is 0 Å². The smallest absolute Gasteiger partial charge is 0.157 e. The number of methoxy groups -OCH3 is 1. The number of carbonyl (C=O) groups is 1. The summed E-state index contributed by atoms with van der Waals surface area (Å²) < 4.78 is 5.23. The fourth-order valence-corrected chi connectivity index (χ4v) is 3.07. The molecule has 18 heavy (non-hydrogen) atoms. The van der Waals surface area contributed by atoms with Gasteiger partial charge in [-0.25, -0.2) is 0 Å². The van der Waals surface area contributed by atoms with E-state index in [0.717, 1.165) is 24.8 Å². The molecule has 0 saturated heterocycles. The number of nitrogens with one attached hydrogen (secondary N) is 1. The molecule has 0 aromatic heterocycles. The summed E-state index contributed by atoms with van der Waals surface area (Å²) in [6.45, 7) is 0. The van der Waals surface area contributed by atoms with Crippen LogP contribution in [-0.4, -0.2) is 19.9 Å². The maximum absolute atomic E-state index is 12.3. The van der Waals surface area contributed by atoms with Gasteiger partial charge in [-0.2, -0.15) is 0 Å². The molecule has 0 bridgehead atoms. The van der Waals surface area contributed by atoms with Crippen LogP contribution in [0.15, 0.2) is 18.2 Å². The number of ether oxygens (including phenoxy) is 1. The zero-order valence-corrected chi connectivity index (χ0v) is 11.5. The first-order valence-corrected chi connectivity index (χ1v) is 6.58. The van der Waals surface area contributed by atoms with Gasteiger partial charge in [0.05, 0.1) is 12.1 Å². The van der Waals surface area contributed by atoms with E-state index >= 15 is 0 Å². The number of hydrogen-bond donors (Lipinski definition) is 1. The van der Waals surface area contributed by atoms with Gasteiger partial charge in [-0.1, -0.05) is 30.2 Å². The molecule has 1 aromatic rings. The van der Waals surface area contributed by atoms with Crippen molar-refractivity contribution in [3.05, 3.63) is 28.8 Å². The van der Waals surface area contributed by atoms with E-state index in [1.54, 1.807) is 7.11 Å². The summed E-state index contributed by atoms with van der Waals surface area (Å²) in [5.41, 5.74) is 0.180. The highest BCUT2D eigenvalue weighted by atomic mass is 35.5. The Labute approximate surface area is 112 Å². The van der Waals surface area contributed by atoms with E-state index in [2.05, 4.69) is 5.32 Å². The number of ketones is 1. The molecule has 98 valence electrons. The van der Waals surface area contributed by atoms with Crippen molar-refractivity contribution in [3.8, 4) is 5.75 Å². The standard InChI is InChI=1S/C14H18ClNO2/c1-16-14(9-4-3-8-12(14)17)10-6-5-7-11(18-2)13(10)15/h5-7,16H,3-4,8-9H2,1-2H3/t14-/m1/s1. The Bertz CT molecular complexity index is 461. The SMILES string of the molecule is CN[C@@]1(c2cccc(OC)c2Cl)CCCCC1=O. The number of carbonyl (C=O) groups excluding carboxylic acids is 1. The van der Waals surface area contributed by atoms with Crippen molar-refractivity contribution in [2.45, 2.75) is 31.2 Å². The van der Waals surface area contributed by atoms with Crippen LogP contribution in [0.2, 0.25) is 5.02 Å². The molecule has 1 saturated carbocycles. The van der Waals surface area contributed by atoms with Crippen LogP contribution >= 0.6 is 11.6 Å². The van der Waals surface area contributed by atoms with E-state index in [4.69, 9.17) is 16.3 Å². The molecule has 1 aliphatic rings. The molecule has 0 aliphatic heterocycles. The predicted molar refractivity (Wildman–Crippen MR) is 72.2 cm³/mol. The minimum atomic E-state index is -0.649. The second-order valence-corrected chi connectivity index (χ2v) is 4.99. The lowest BCUT2D eigenvalue weighted by molar-refractivity contribution is -0.127. The number of Topliss-reactive ketones (excluding diaryl/α,β-unsaturated/α-hetero) is 1. The first kappa shape index (κ1) is 13.4. The summed E-state index contributed by atoms with van der Waals surface area (Å²) in [5, 5.41) is 3.72. The number of hydrogen-bond acceptors (Lipinski definition) is 3. The maximum Gasteiger partial charge on any atom is 0.157 e. The number of halogens is 1. The molecule has 1 atom stereocenters. The van der Waals surface area contributed by atoms with Crippen LogP contribution in [0, 0.1) is 0 Å². The summed E-state index contributed by atoms with van der Waals surface area (Å²) >= 11 is 6.36. The van der Waals surface area contributed by atoms with Crippen LogP contribution in [0.5, 0.6) is 5.75 Å². The third-order valence-electron chi connectivity index (χ3n) is 3.75. The summed E-state index contributed by atoms with van der Waals surface area (Å²) in [6.07, 6.45) is 3.38. The van der Waals surface area contributed by atoms with Crippen LogP contribution in [-0.2, 0) is 10.3 Å². The first-order valence-electron chi connectivity index (χ1n) is 6.21. The molecule has 0 heterocycles. The molecule has 1 fully saturated rings. The average molecular weight is 268 g/mol.